The molecule has 0 aliphatic rings. The summed E-state index contributed by atoms with van der Waals surface area (Å²) in [5.41, 5.74) is 5.33. The van der Waals surface area contributed by atoms with Gasteiger partial charge < -0.3 is 5.32 Å². The molecule has 5 nitrogen and oxygen atoms in total. The highest BCUT2D eigenvalue weighted by molar-refractivity contribution is 7.99. The summed E-state index contributed by atoms with van der Waals surface area (Å²) in [7, 11) is 0. The van der Waals surface area contributed by atoms with Gasteiger partial charge in [0.2, 0.25) is 5.91 Å². The number of amides is 1. The van der Waals surface area contributed by atoms with Crippen LogP contribution < -0.4 is 10.9 Å². The molecule has 0 radical (unpaired) electrons. The van der Waals surface area contributed by atoms with Gasteiger partial charge in [-0.25, -0.2) is 4.98 Å². The van der Waals surface area contributed by atoms with Crippen molar-refractivity contribution in [3.63, 3.8) is 0 Å². The van der Waals surface area contributed by atoms with Gasteiger partial charge in [0.15, 0.2) is 5.16 Å². The molecule has 4 rings (SSSR count). The molecule has 1 heterocycles. The third-order valence-corrected chi connectivity index (χ3v) is 7.21. The summed E-state index contributed by atoms with van der Waals surface area (Å²) in [5, 5.41) is 4.11. The second-order valence-corrected chi connectivity index (χ2v) is 9.45. The highest BCUT2D eigenvalue weighted by Crippen LogP contribution is 2.28. The van der Waals surface area contributed by atoms with E-state index in [1.54, 1.807) is 10.6 Å². The van der Waals surface area contributed by atoms with Crippen molar-refractivity contribution in [2.75, 3.05) is 11.1 Å². The number of thioether (sulfide) groups is 1. The Balaban J connectivity index is 1.68. The van der Waals surface area contributed by atoms with Crippen molar-refractivity contribution >= 4 is 34.3 Å². The van der Waals surface area contributed by atoms with Crippen LogP contribution in [0.1, 0.15) is 42.9 Å². The van der Waals surface area contributed by atoms with Crippen LogP contribution in [0.2, 0.25) is 0 Å². The fourth-order valence-corrected chi connectivity index (χ4v) is 4.78. The Morgan fingerprint density at radius 2 is 1.76 bits per heavy atom. The molecule has 4 aromatic rings. The van der Waals surface area contributed by atoms with E-state index in [-0.39, 0.29) is 17.2 Å². The first-order chi connectivity index (χ1) is 16.4. The molecule has 3 aromatic carbocycles. The lowest BCUT2D eigenvalue weighted by Crippen LogP contribution is -2.24. The van der Waals surface area contributed by atoms with Crippen LogP contribution in [0.5, 0.6) is 0 Å². The first-order valence-corrected chi connectivity index (χ1v) is 12.5. The van der Waals surface area contributed by atoms with Crippen molar-refractivity contribution in [3.05, 3.63) is 93.8 Å². The number of carbonyl (C=O) groups is 1. The number of fused-ring (bicyclic) bond motifs is 1. The molecule has 0 bridgehead atoms. The molecule has 1 amide bonds. The van der Waals surface area contributed by atoms with E-state index < -0.39 is 0 Å². The topological polar surface area (TPSA) is 64.0 Å². The maximum atomic E-state index is 13.5. The highest BCUT2D eigenvalue weighted by atomic mass is 32.2. The lowest BCUT2D eigenvalue weighted by Gasteiger charge is -2.17. The molecule has 0 saturated heterocycles. The second kappa shape index (κ2) is 10.3. The van der Waals surface area contributed by atoms with Gasteiger partial charge in [-0.15, -0.1) is 0 Å². The summed E-state index contributed by atoms with van der Waals surface area (Å²) in [6.07, 6.45) is 0.991. The van der Waals surface area contributed by atoms with Crippen molar-refractivity contribution < 1.29 is 4.79 Å². The number of aromatic nitrogens is 2. The molecule has 174 valence electrons. The third kappa shape index (κ3) is 4.77. The Morgan fingerprint density at radius 1 is 1.03 bits per heavy atom. The Hall–Kier alpha value is -3.38. The fourth-order valence-electron chi connectivity index (χ4n) is 3.98. The van der Waals surface area contributed by atoms with Crippen molar-refractivity contribution in [1.29, 1.82) is 0 Å². The number of nitrogens with zero attached hydrogens (tertiary/aromatic N) is 2. The first kappa shape index (κ1) is 23.8. The lowest BCUT2D eigenvalue weighted by molar-refractivity contribution is -0.113. The van der Waals surface area contributed by atoms with Gasteiger partial charge in [0.1, 0.15) is 0 Å². The number of rotatable bonds is 7. The standard InChI is InChI=1S/C28H29N3O2S/c1-5-18(2)21-12-6-8-14-23(21)29-26(32)17-34-28-30-24-15-9-7-13-22(24)27(33)31(28)25-16-10-11-19(3)20(25)4/h6-16,18H,5,17H2,1-4H3,(H,29,32). The molecule has 1 atom stereocenters. The molecule has 34 heavy (non-hydrogen) atoms. The number of hydrogen-bond donors (Lipinski definition) is 1. The number of nitrogens with one attached hydrogen (secondary N) is 1. The maximum Gasteiger partial charge on any atom is 0.266 e. The molecule has 0 aliphatic heterocycles. The summed E-state index contributed by atoms with van der Waals surface area (Å²) in [4.78, 5) is 31.2. The molecule has 0 spiro atoms. The Kier molecular flexibility index (Phi) is 7.17. The Bertz CT molecular complexity index is 1410. The fraction of sp³-hybridized carbons (Fsp3) is 0.250. The zero-order valence-corrected chi connectivity index (χ0v) is 20.8. The van der Waals surface area contributed by atoms with E-state index >= 15 is 0 Å². The van der Waals surface area contributed by atoms with Gasteiger partial charge in [-0.1, -0.05) is 68.1 Å². The van der Waals surface area contributed by atoms with E-state index in [0.29, 0.717) is 22.0 Å². The van der Waals surface area contributed by atoms with Gasteiger partial charge >= 0.3 is 0 Å². The van der Waals surface area contributed by atoms with Crippen LogP contribution in [-0.2, 0) is 4.79 Å². The van der Waals surface area contributed by atoms with E-state index in [4.69, 9.17) is 4.98 Å². The monoisotopic (exact) mass is 471 g/mol. The number of anilines is 1. The maximum absolute atomic E-state index is 13.5. The smallest absolute Gasteiger partial charge is 0.266 e. The average Bonchev–Trinajstić information content (AvgIpc) is 2.85. The molecule has 0 saturated carbocycles. The van der Waals surface area contributed by atoms with Gasteiger partial charge in [0.25, 0.3) is 5.56 Å². The zero-order valence-electron chi connectivity index (χ0n) is 20.0. The van der Waals surface area contributed by atoms with Crippen LogP contribution in [0.15, 0.2) is 76.7 Å². The van der Waals surface area contributed by atoms with Crippen LogP contribution >= 0.6 is 11.8 Å². The first-order valence-electron chi connectivity index (χ1n) is 11.5. The Labute approximate surface area is 204 Å². The summed E-state index contributed by atoms with van der Waals surface area (Å²) in [6.45, 7) is 8.31. The minimum absolute atomic E-state index is 0.129. The van der Waals surface area contributed by atoms with Gasteiger partial charge in [-0.05, 0) is 67.1 Å². The predicted molar refractivity (Wildman–Crippen MR) is 141 cm³/mol. The molecule has 6 heteroatoms. The van der Waals surface area contributed by atoms with E-state index in [0.717, 1.165) is 34.5 Å². The van der Waals surface area contributed by atoms with Crippen molar-refractivity contribution in [3.8, 4) is 5.69 Å². The third-order valence-electron chi connectivity index (χ3n) is 6.27. The molecule has 0 aliphatic carbocycles. The largest absolute Gasteiger partial charge is 0.325 e. The van der Waals surface area contributed by atoms with Gasteiger partial charge in [-0.3, -0.25) is 14.2 Å². The normalized spacial score (nSPS) is 12.0. The minimum atomic E-state index is -0.135. The van der Waals surface area contributed by atoms with Crippen molar-refractivity contribution in [1.82, 2.24) is 9.55 Å². The predicted octanol–water partition coefficient (Wildman–Crippen LogP) is 6.25. The minimum Gasteiger partial charge on any atom is -0.325 e. The van der Waals surface area contributed by atoms with Gasteiger partial charge in [0.05, 0.1) is 22.3 Å². The number of carbonyl (C=O) groups excluding carboxylic acids is 1. The summed E-state index contributed by atoms with van der Waals surface area (Å²) < 4.78 is 1.63. The highest BCUT2D eigenvalue weighted by Gasteiger charge is 2.17. The van der Waals surface area contributed by atoms with E-state index in [1.807, 2.05) is 68.4 Å². The van der Waals surface area contributed by atoms with Crippen molar-refractivity contribution in [2.45, 2.75) is 45.2 Å². The van der Waals surface area contributed by atoms with Crippen LogP contribution in [0.3, 0.4) is 0 Å². The summed E-state index contributed by atoms with van der Waals surface area (Å²) in [6, 6.07) is 21.1. The summed E-state index contributed by atoms with van der Waals surface area (Å²) in [5.74, 6) is 0.362. The molecular weight excluding hydrogens is 442 g/mol. The quantitative estimate of drug-likeness (QED) is 0.256. The van der Waals surface area contributed by atoms with Crippen LogP contribution in [-0.4, -0.2) is 21.2 Å². The second-order valence-electron chi connectivity index (χ2n) is 8.50. The molecule has 1 N–H and O–H groups in total. The van der Waals surface area contributed by atoms with E-state index in [9.17, 15) is 9.59 Å². The van der Waals surface area contributed by atoms with Gasteiger partial charge in [0, 0.05) is 5.69 Å². The average molecular weight is 472 g/mol. The molecular formula is C28H29N3O2S. The number of aryl methyl sites for hydroxylation is 1. The van der Waals surface area contributed by atoms with Crippen LogP contribution in [0.4, 0.5) is 5.69 Å². The molecule has 0 fully saturated rings. The van der Waals surface area contributed by atoms with E-state index in [2.05, 4.69) is 25.2 Å². The van der Waals surface area contributed by atoms with E-state index in [1.165, 1.54) is 11.8 Å². The number of para-hydroxylation sites is 2. The SMILES string of the molecule is CCC(C)c1ccccc1NC(=O)CSc1nc2ccccc2c(=O)n1-c1cccc(C)c1C. The van der Waals surface area contributed by atoms with Crippen LogP contribution in [0, 0.1) is 13.8 Å². The number of benzene rings is 3. The van der Waals surface area contributed by atoms with Crippen LogP contribution in [0.25, 0.3) is 16.6 Å². The molecule has 1 aromatic heterocycles. The summed E-state index contributed by atoms with van der Waals surface area (Å²) >= 11 is 1.27. The number of hydrogen-bond acceptors (Lipinski definition) is 4. The zero-order chi connectivity index (χ0) is 24.2. The van der Waals surface area contributed by atoms with Gasteiger partial charge in [-0.2, -0.15) is 0 Å². The van der Waals surface area contributed by atoms with Crippen molar-refractivity contribution in [2.24, 2.45) is 0 Å². The lowest BCUT2D eigenvalue weighted by atomic mass is 9.97. The Morgan fingerprint density at radius 3 is 2.56 bits per heavy atom. The molecule has 1 unspecified atom stereocenters.